The van der Waals surface area contributed by atoms with Crippen molar-refractivity contribution in [3.05, 3.63) is 66.1 Å². The van der Waals surface area contributed by atoms with Crippen molar-refractivity contribution in [1.29, 1.82) is 0 Å². The van der Waals surface area contributed by atoms with E-state index in [1.165, 1.54) is 0 Å². The molecule has 0 unspecified atom stereocenters. The molecule has 0 aliphatic heterocycles. The molecule has 122 valence electrons. The van der Waals surface area contributed by atoms with Crippen molar-refractivity contribution >= 4 is 16.7 Å². The third-order valence-corrected chi connectivity index (χ3v) is 4.21. The molecule has 2 aromatic heterocycles. The van der Waals surface area contributed by atoms with Gasteiger partial charge in [-0.3, -0.25) is 9.78 Å². The van der Waals surface area contributed by atoms with Crippen LogP contribution in [0.25, 0.3) is 10.8 Å². The molecule has 0 N–H and O–H groups in total. The summed E-state index contributed by atoms with van der Waals surface area (Å²) in [5.41, 5.74) is 1.39. The SMILES string of the molecule is COc1nc(C(=O)N(C)[C@H](C)c2ccncc2)cc2ccccc12. The number of carbonyl (C=O) groups excluding carboxylic acids is 1. The molecule has 5 heteroatoms. The number of nitrogens with zero attached hydrogens (tertiary/aromatic N) is 3. The molecule has 0 fully saturated rings. The van der Waals surface area contributed by atoms with Gasteiger partial charge >= 0.3 is 0 Å². The second-order valence-electron chi connectivity index (χ2n) is 5.61. The van der Waals surface area contributed by atoms with Gasteiger partial charge < -0.3 is 9.64 Å². The second kappa shape index (κ2) is 6.66. The number of carbonyl (C=O) groups is 1. The van der Waals surface area contributed by atoms with Gasteiger partial charge in [-0.15, -0.1) is 0 Å². The molecule has 0 aliphatic carbocycles. The minimum absolute atomic E-state index is 0.0836. The molecule has 5 nitrogen and oxygen atoms in total. The Morgan fingerprint density at radius 1 is 1.17 bits per heavy atom. The van der Waals surface area contributed by atoms with Gasteiger partial charge in [-0.25, -0.2) is 4.98 Å². The summed E-state index contributed by atoms with van der Waals surface area (Å²) in [5, 5.41) is 1.82. The lowest BCUT2D eigenvalue weighted by Crippen LogP contribution is -2.30. The minimum Gasteiger partial charge on any atom is -0.481 e. The Morgan fingerprint density at radius 3 is 2.58 bits per heavy atom. The topological polar surface area (TPSA) is 55.3 Å². The first kappa shape index (κ1) is 15.9. The molecule has 0 radical (unpaired) electrons. The van der Waals surface area contributed by atoms with Gasteiger partial charge in [-0.1, -0.05) is 18.2 Å². The van der Waals surface area contributed by atoms with E-state index < -0.39 is 0 Å². The van der Waals surface area contributed by atoms with E-state index in [4.69, 9.17) is 4.74 Å². The Kier molecular flexibility index (Phi) is 4.42. The monoisotopic (exact) mass is 321 g/mol. The summed E-state index contributed by atoms with van der Waals surface area (Å²) in [4.78, 5) is 22.9. The zero-order valence-corrected chi connectivity index (χ0v) is 13.9. The van der Waals surface area contributed by atoms with Gasteiger partial charge in [0.1, 0.15) is 5.69 Å². The van der Waals surface area contributed by atoms with E-state index in [2.05, 4.69) is 9.97 Å². The van der Waals surface area contributed by atoms with Crippen LogP contribution in [0.15, 0.2) is 54.9 Å². The largest absolute Gasteiger partial charge is 0.481 e. The number of fused-ring (bicyclic) bond motifs is 1. The van der Waals surface area contributed by atoms with Gasteiger partial charge in [0, 0.05) is 24.8 Å². The molecule has 0 aliphatic rings. The number of pyridine rings is 2. The highest BCUT2D eigenvalue weighted by atomic mass is 16.5. The molecule has 0 bridgehead atoms. The number of benzene rings is 1. The van der Waals surface area contributed by atoms with Crippen molar-refractivity contribution in [2.24, 2.45) is 0 Å². The predicted molar refractivity (Wildman–Crippen MR) is 93.0 cm³/mol. The summed E-state index contributed by atoms with van der Waals surface area (Å²) < 4.78 is 5.35. The predicted octanol–water partition coefficient (Wildman–Crippen LogP) is 3.47. The lowest BCUT2D eigenvalue weighted by Gasteiger charge is -2.25. The van der Waals surface area contributed by atoms with Crippen LogP contribution in [0.2, 0.25) is 0 Å². The Bertz CT molecular complexity index is 865. The Hall–Kier alpha value is -2.95. The minimum atomic E-state index is -0.150. The smallest absolute Gasteiger partial charge is 0.272 e. The lowest BCUT2D eigenvalue weighted by molar-refractivity contribution is 0.0736. The van der Waals surface area contributed by atoms with Crippen LogP contribution in [0.1, 0.15) is 29.0 Å². The van der Waals surface area contributed by atoms with Gasteiger partial charge in [0.15, 0.2) is 0 Å². The van der Waals surface area contributed by atoms with Crippen molar-refractivity contribution in [2.45, 2.75) is 13.0 Å². The first-order valence-corrected chi connectivity index (χ1v) is 7.72. The number of amides is 1. The summed E-state index contributed by atoms with van der Waals surface area (Å²) in [5.74, 6) is 0.310. The normalized spacial score (nSPS) is 12.0. The Morgan fingerprint density at radius 2 is 1.88 bits per heavy atom. The number of aromatic nitrogens is 2. The average Bonchev–Trinajstić information content (AvgIpc) is 2.65. The third kappa shape index (κ3) is 2.93. The van der Waals surface area contributed by atoms with Crippen LogP contribution in [0, 0.1) is 0 Å². The summed E-state index contributed by atoms with van der Waals surface area (Å²) in [6.07, 6.45) is 3.45. The molecule has 0 saturated carbocycles. The van der Waals surface area contributed by atoms with Crippen molar-refractivity contribution in [3.63, 3.8) is 0 Å². The fourth-order valence-corrected chi connectivity index (χ4v) is 2.65. The molecule has 24 heavy (non-hydrogen) atoms. The van der Waals surface area contributed by atoms with Gasteiger partial charge in [0.2, 0.25) is 5.88 Å². The molecule has 1 aromatic carbocycles. The van der Waals surface area contributed by atoms with Crippen LogP contribution >= 0.6 is 0 Å². The zero-order valence-electron chi connectivity index (χ0n) is 13.9. The summed E-state index contributed by atoms with van der Waals surface area (Å²) >= 11 is 0. The maximum Gasteiger partial charge on any atom is 0.272 e. The Labute approximate surface area is 140 Å². The summed E-state index contributed by atoms with van der Waals surface area (Å²) in [6, 6.07) is 13.3. The second-order valence-corrected chi connectivity index (χ2v) is 5.61. The molecule has 3 rings (SSSR count). The number of hydrogen-bond acceptors (Lipinski definition) is 4. The zero-order chi connectivity index (χ0) is 17.1. The quantitative estimate of drug-likeness (QED) is 0.738. The standard InChI is InChI=1S/C19H19N3O2/c1-13(14-8-10-20-11-9-14)22(2)19(23)17-12-15-6-4-5-7-16(15)18(21-17)24-3/h4-13H,1-3H3/t13-/m1/s1. The van der Waals surface area contributed by atoms with Crippen LogP contribution in [-0.2, 0) is 0 Å². The number of ether oxygens (including phenoxy) is 1. The van der Waals surface area contributed by atoms with E-state index in [1.54, 1.807) is 37.5 Å². The third-order valence-electron chi connectivity index (χ3n) is 4.21. The van der Waals surface area contributed by atoms with E-state index in [0.29, 0.717) is 11.6 Å². The van der Waals surface area contributed by atoms with Gasteiger partial charge in [0.25, 0.3) is 5.91 Å². The van der Waals surface area contributed by atoms with Crippen molar-refractivity contribution in [2.75, 3.05) is 14.2 Å². The van der Waals surface area contributed by atoms with E-state index in [-0.39, 0.29) is 11.9 Å². The maximum atomic E-state index is 12.9. The van der Waals surface area contributed by atoms with Crippen molar-refractivity contribution in [1.82, 2.24) is 14.9 Å². The van der Waals surface area contributed by atoms with Crippen LogP contribution in [0.3, 0.4) is 0 Å². The van der Waals surface area contributed by atoms with Crippen LogP contribution < -0.4 is 4.74 Å². The molecule has 3 aromatic rings. The van der Waals surface area contributed by atoms with Crippen molar-refractivity contribution in [3.8, 4) is 5.88 Å². The molecule has 0 spiro atoms. The van der Waals surface area contributed by atoms with Gasteiger partial charge in [-0.2, -0.15) is 0 Å². The van der Waals surface area contributed by atoms with Gasteiger partial charge in [-0.05, 0) is 42.1 Å². The fourth-order valence-electron chi connectivity index (χ4n) is 2.65. The molecular formula is C19H19N3O2. The molecule has 1 atom stereocenters. The average molecular weight is 321 g/mol. The number of methoxy groups -OCH3 is 1. The maximum absolute atomic E-state index is 12.9. The van der Waals surface area contributed by atoms with Crippen LogP contribution in [-0.4, -0.2) is 34.9 Å². The Balaban J connectivity index is 1.96. The molecule has 1 amide bonds. The van der Waals surface area contributed by atoms with E-state index >= 15 is 0 Å². The lowest BCUT2D eigenvalue weighted by atomic mass is 10.1. The first-order valence-electron chi connectivity index (χ1n) is 7.72. The van der Waals surface area contributed by atoms with Gasteiger partial charge in [0.05, 0.1) is 13.2 Å². The van der Waals surface area contributed by atoms with Crippen LogP contribution in [0.4, 0.5) is 0 Å². The van der Waals surface area contributed by atoms with E-state index in [1.807, 2.05) is 43.3 Å². The molecular weight excluding hydrogens is 302 g/mol. The molecule has 0 saturated heterocycles. The highest BCUT2D eigenvalue weighted by molar-refractivity contribution is 5.98. The summed E-state index contributed by atoms with van der Waals surface area (Å²) in [6.45, 7) is 1.98. The van der Waals surface area contributed by atoms with Crippen LogP contribution in [0.5, 0.6) is 5.88 Å². The molecule has 2 heterocycles. The number of hydrogen-bond donors (Lipinski definition) is 0. The first-order chi connectivity index (χ1) is 11.6. The van der Waals surface area contributed by atoms with E-state index in [0.717, 1.165) is 16.3 Å². The van der Waals surface area contributed by atoms with Crippen molar-refractivity contribution < 1.29 is 9.53 Å². The number of rotatable bonds is 4. The fraction of sp³-hybridized carbons (Fsp3) is 0.211. The highest BCUT2D eigenvalue weighted by Gasteiger charge is 2.21. The summed E-state index contributed by atoms with van der Waals surface area (Å²) in [7, 11) is 3.34. The van der Waals surface area contributed by atoms with E-state index in [9.17, 15) is 4.79 Å². The highest BCUT2D eigenvalue weighted by Crippen LogP contribution is 2.26.